The standard InChI is InChI=1S/C2H4O2.C2H3O2.Co.Fe/c2*1-2(3)4;;/h1H3,(H,3,4);1H2,(H,3,4);;/q;-1;;. The Hall–Kier alpha value is -0.164. The molecule has 0 aliphatic rings. The topological polar surface area (TPSA) is 74.6 Å². The summed E-state index contributed by atoms with van der Waals surface area (Å²) >= 11 is 0. The van der Waals surface area contributed by atoms with Gasteiger partial charge in [-0.1, -0.05) is 0 Å². The monoisotopic (exact) mass is 234 g/mol. The number of carbonyl (C=O) groups is 2. The summed E-state index contributed by atoms with van der Waals surface area (Å²) in [4.78, 5) is 17.9. The first-order chi connectivity index (χ1) is 3.46. The predicted molar refractivity (Wildman–Crippen MR) is 26.3 cm³/mol. The molecule has 0 aromatic carbocycles. The molecule has 0 unspecified atom stereocenters. The molecule has 0 amide bonds. The normalized spacial score (nSPS) is 4.90. The van der Waals surface area contributed by atoms with Crippen molar-refractivity contribution in [2.24, 2.45) is 0 Å². The number of hydrogen-bond acceptors (Lipinski definition) is 2. The molecule has 4 nitrogen and oxygen atoms in total. The van der Waals surface area contributed by atoms with E-state index in [1.54, 1.807) is 0 Å². The average molecular weight is 234 g/mol. The van der Waals surface area contributed by atoms with Gasteiger partial charge in [-0.25, -0.2) is 0 Å². The molecule has 0 aliphatic carbocycles. The summed E-state index contributed by atoms with van der Waals surface area (Å²) in [7, 11) is 0. The van der Waals surface area contributed by atoms with E-state index in [4.69, 9.17) is 19.8 Å². The number of carboxylic acid groups (broad SMARTS) is 2. The third-order valence-corrected chi connectivity index (χ3v) is 0. The summed E-state index contributed by atoms with van der Waals surface area (Å²) in [6.45, 7) is 3.64. The molecule has 0 heterocycles. The Labute approximate surface area is 79.7 Å². The van der Waals surface area contributed by atoms with E-state index in [0.717, 1.165) is 6.92 Å². The molecule has 0 aliphatic heterocycles. The molecule has 0 saturated carbocycles. The van der Waals surface area contributed by atoms with Crippen LogP contribution in [-0.4, -0.2) is 22.2 Å². The maximum absolute atomic E-state index is 9.00. The molecular weight excluding hydrogens is 227 g/mol. The van der Waals surface area contributed by atoms with Crippen LogP contribution in [0.2, 0.25) is 0 Å². The zero-order chi connectivity index (χ0) is 7.15. The van der Waals surface area contributed by atoms with E-state index in [-0.39, 0.29) is 33.8 Å². The molecule has 0 rings (SSSR count). The van der Waals surface area contributed by atoms with Crippen LogP contribution in [0.4, 0.5) is 0 Å². The maximum atomic E-state index is 9.00. The van der Waals surface area contributed by atoms with E-state index in [1.807, 2.05) is 0 Å². The Morgan fingerprint density at radius 1 is 1.30 bits per heavy atom. The number of rotatable bonds is 0. The fourth-order valence-corrected chi connectivity index (χ4v) is 0. The fourth-order valence-electron chi connectivity index (χ4n) is 0. The van der Waals surface area contributed by atoms with Crippen molar-refractivity contribution in [1.82, 2.24) is 0 Å². The van der Waals surface area contributed by atoms with Gasteiger partial charge in [-0.3, -0.25) is 16.5 Å². The van der Waals surface area contributed by atoms with Gasteiger partial charge in [0.1, 0.15) is 0 Å². The maximum Gasteiger partial charge on any atom is 0.300 e. The number of carboxylic acids is 2. The van der Waals surface area contributed by atoms with E-state index in [1.165, 1.54) is 0 Å². The number of hydrogen-bond donors (Lipinski definition) is 2. The zero-order valence-electron chi connectivity index (χ0n) is 5.10. The first-order valence-corrected chi connectivity index (χ1v) is 1.71. The van der Waals surface area contributed by atoms with Crippen molar-refractivity contribution in [3.8, 4) is 0 Å². The molecule has 0 spiro atoms. The van der Waals surface area contributed by atoms with Gasteiger partial charge in [-0.2, -0.15) is 0 Å². The van der Waals surface area contributed by atoms with E-state index in [2.05, 4.69) is 6.92 Å². The first kappa shape index (κ1) is 22.5. The smallest absolute Gasteiger partial charge is 0.300 e. The third-order valence-electron chi connectivity index (χ3n) is 0. The van der Waals surface area contributed by atoms with Crippen LogP contribution in [0.25, 0.3) is 0 Å². The molecule has 0 atom stereocenters. The van der Waals surface area contributed by atoms with Crippen LogP contribution >= 0.6 is 0 Å². The van der Waals surface area contributed by atoms with Gasteiger partial charge in [0, 0.05) is 40.8 Å². The van der Waals surface area contributed by atoms with Gasteiger partial charge in [-0.05, 0) is 0 Å². The zero-order valence-corrected chi connectivity index (χ0v) is 7.25. The molecule has 0 aromatic rings. The number of aliphatic carboxylic acids is 2. The minimum Gasteiger partial charge on any atom is -0.503 e. The average Bonchev–Trinajstić information content (AvgIpc) is 1.25. The van der Waals surface area contributed by atoms with Crippen LogP contribution in [0.1, 0.15) is 6.92 Å². The minimum atomic E-state index is -1.08. The Bertz CT molecular complexity index is 75.3. The van der Waals surface area contributed by atoms with Crippen molar-refractivity contribution in [2.75, 3.05) is 0 Å². The van der Waals surface area contributed by atoms with Crippen molar-refractivity contribution < 1.29 is 53.6 Å². The van der Waals surface area contributed by atoms with E-state index < -0.39 is 11.9 Å². The Kier molecular flexibility index (Phi) is 35.9. The fraction of sp³-hybridized carbons (Fsp3) is 0.250. The molecular formula is C4H7CoFeO4-. The molecule has 65 valence electrons. The van der Waals surface area contributed by atoms with Crippen molar-refractivity contribution in [3.63, 3.8) is 0 Å². The van der Waals surface area contributed by atoms with Gasteiger partial charge in [0.2, 0.25) is 0 Å². The summed E-state index contributed by atoms with van der Waals surface area (Å²) in [5.41, 5.74) is 0. The van der Waals surface area contributed by atoms with Crippen LogP contribution in [0, 0.1) is 6.92 Å². The summed E-state index contributed by atoms with van der Waals surface area (Å²) in [6, 6.07) is 0. The molecule has 0 bridgehead atoms. The molecule has 0 fully saturated rings. The third kappa shape index (κ3) is 13600. The van der Waals surface area contributed by atoms with Gasteiger partial charge < -0.3 is 10.2 Å². The van der Waals surface area contributed by atoms with Crippen molar-refractivity contribution in [2.45, 2.75) is 6.92 Å². The van der Waals surface area contributed by atoms with Crippen molar-refractivity contribution in [1.29, 1.82) is 0 Å². The summed E-state index contributed by atoms with van der Waals surface area (Å²) in [5.74, 6) is -1.92. The molecule has 2 N–H and O–H groups in total. The van der Waals surface area contributed by atoms with Crippen LogP contribution in [0.3, 0.4) is 0 Å². The molecule has 1 radical (unpaired) electrons. The van der Waals surface area contributed by atoms with Crippen LogP contribution < -0.4 is 0 Å². The van der Waals surface area contributed by atoms with Crippen molar-refractivity contribution in [3.05, 3.63) is 6.92 Å². The van der Waals surface area contributed by atoms with Gasteiger partial charge in [0.25, 0.3) is 5.97 Å². The van der Waals surface area contributed by atoms with Crippen LogP contribution in [0.15, 0.2) is 0 Å². The van der Waals surface area contributed by atoms with Crippen molar-refractivity contribution >= 4 is 11.9 Å². The Morgan fingerprint density at radius 2 is 1.30 bits per heavy atom. The van der Waals surface area contributed by atoms with Gasteiger partial charge >= 0.3 is 0 Å². The second kappa shape index (κ2) is 15.9. The SMILES string of the molecule is CC(=O)O.[CH2-]C(=O)O.[Co].[Fe]. The summed E-state index contributed by atoms with van der Waals surface area (Å²) < 4.78 is 0. The van der Waals surface area contributed by atoms with Crippen LogP contribution in [0.5, 0.6) is 0 Å². The molecule has 10 heavy (non-hydrogen) atoms. The van der Waals surface area contributed by atoms with Gasteiger partial charge in [0.05, 0.1) is 0 Å². The summed E-state index contributed by atoms with van der Waals surface area (Å²) in [6.07, 6.45) is 0. The Balaban J connectivity index is -0.0000000300. The Morgan fingerprint density at radius 3 is 1.30 bits per heavy atom. The van der Waals surface area contributed by atoms with Gasteiger partial charge in [-0.15, -0.1) is 0 Å². The van der Waals surface area contributed by atoms with E-state index >= 15 is 0 Å². The second-order valence-corrected chi connectivity index (χ2v) is 0.913. The second-order valence-electron chi connectivity index (χ2n) is 0.913. The largest absolute Gasteiger partial charge is 0.503 e. The predicted octanol–water partition coefficient (Wildman–Crippen LogP) is -0.00901. The van der Waals surface area contributed by atoms with E-state index in [9.17, 15) is 0 Å². The summed E-state index contributed by atoms with van der Waals surface area (Å²) in [5, 5.41) is 14.7. The minimum absolute atomic E-state index is 0. The molecule has 0 aromatic heterocycles. The molecule has 0 saturated heterocycles. The van der Waals surface area contributed by atoms with Gasteiger partial charge in [0.15, 0.2) is 5.97 Å². The quantitative estimate of drug-likeness (QED) is 0.456. The van der Waals surface area contributed by atoms with E-state index in [0.29, 0.717) is 0 Å². The first-order valence-electron chi connectivity index (χ1n) is 1.71. The van der Waals surface area contributed by atoms with Crippen LogP contribution in [-0.2, 0) is 43.4 Å². The molecule has 6 heteroatoms.